The Kier molecular flexibility index (Phi) is 8.08. The van der Waals surface area contributed by atoms with Gasteiger partial charge in [-0.05, 0) is 55.5 Å². The van der Waals surface area contributed by atoms with E-state index in [4.69, 9.17) is 0 Å². The number of carbonyl (C=O) groups is 2. The molecule has 0 unspecified atom stereocenters. The second-order valence-electron chi connectivity index (χ2n) is 9.00. The number of amides is 2. The molecule has 1 aromatic heterocycles. The van der Waals surface area contributed by atoms with Crippen LogP contribution in [0.5, 0.6) is 0 Å². The molecule has 35 heavy (non-hydrogen) atoms. The van der Waals surface area contributed by atoms with E-state index in [-0.39, 0.29) is 23.5 Å². The normalized spacial score (nSPS) is 14.4. The Morgan fingerprint density at radius 1 is 1.11 bits per heavy atom. The minimum absolute atomic E-state index is 0.00901. The highest BCUT2D eigenvalue weighted by Crippen LogP contribution is 2.21. The van der Waals surface area contributed by atoms with Gasteiger partial charge in [-0.1, -0.05) is 42.5 Å². The van der Waals surface area contributed by atoms with Crippen LogP contribution in [0.4, 0.5) is 4.39 Å². The van der Waals surface area contributed by atoms with Gasteiger partial charge < -0.3 is 9.80 Å². The van der Waals surface area contributed by atoms with Crippen molar-refractivity contribution in [3.05, 3.63) is 83.8 Å². The first kappa shape index (κ1) is 24.4. The third-order valence-electron chi connectivity index (χ3n) is 6.44. The van der Waals surface area contributed by atoms with Crippen molar-refractivity contribution >= 4 is 17.9 Å². The van der Waals surface area contributed by atoms with E-state index < -0.39 is 0 Å². The summed E-state index contributed by atoms with van der Waals surface area (Å²) < 4.78 is 13.4. The average Bonchev–Trinajstić information content (AvgIpc) is 3.36. The molecule has 2 amide bonds. The molecule has 0 spiro atoms. The Morgan fingerprint density at radius 3 is 2.63 bits per heavy atom. The predicted octanol–water partition coefficient (Wildman–Crippen LogP) is 4.56. The Balaban J connectivity index is 1.19. The van der Waals surface area contributed by atoms with E-state index in [1.165, 1.54) is 12.1 Å². The van der Waals surface area contributed by atoms with Gasteiger partial charge in [-0.3, -0.25) is 14.7 Å². The standard InChI is InChI=1S/C28H31FN4O2/c1-32(16-6-11-25-20-26(31-30-25)23-9-5-10-24(29)19-23)28(35)22-14-17-33(18-15-22)27(34)13-12-21-7-3-2-4-8-21/h2-5,7-10,12-13,19-20,22H,6,11,14-18H2,1H3,(H,30,31)/b13-12+. The molecule has 2 heterocycles. The van der Waals surface area contributed by atoms with Gasteiger partial charge in [-0.2, -0.15) is 5.10 Å². The number of nitrogens with zero attached hydrogens (tertiary/aromatic N) is 3. The first-order chi connectivity index (χ1) is 17.0. The predicted molar refractivity (Wildman–Crippen MR) is 135 cm³/mol. The van der Waals surface area contributed by atoms with Crippen LogP contribution in [0.2, 0.25) is 0 Å². The Labute approximate surface area is 205 Å². The van der Waals surface area contributed by atoms with Crippen molar-refractivity contribution < 1.29 is 14.0 Å². The maximum atomic E-state index is 13.4. The summed E-state index contributed by atoms with van der Waals surface area (Å²) >= 11 is 0. The minimum atomic E-state index is -0.286. The van der Waals surface area contributed by atoms with Gasteiger partial charge in [0.15, 0.2) is 0 Å². The zero-order valence-electron chi connectivity index (χ0n) is 20.0. The molecule has 0 radical (unpaired) electrons. The fraction of sp³-hybridized carbons (Fsp3) is 0.321. The number of aromatic nitrogens is 2. The lowest BCUT2D eigenvalue weighted by molar-refractivity contribution is -0.138. The number of nitrogens with one attached hydrogen (secondary N) is 1. The summed E-state index contributed by atoms with van der Waals surface area (Å²) in [6.45, 7) is 1.84. The zero-order chi connectivity index (χ0) is 24.6. The van der Waals surface area contributed by atoms with Gasteiger partial charge in [0.05, 0.1) is 5.69 Å². The molecule has 6 nitrogen and oxygen atoms in total. The van der Waals surface area contributed by atoms with Crippen LogP contribution in [-0.4, -0.2) is 58.5 Å². The molecule has 7 heteroatoms. The topological polar surface area (TPSA) is 69.3 Å². The summed E-state index contributed by atoms with van der Waals surface area (Å²) in [5.41, 5.74) is 3.40. The van der Waals surface area contributed by atoms with Crippen LogP contribution in [0.1, 0.15) is 30.5 Å². The summed E-state index contributed by atoms with van der Waals surface area (Å²) in [6.07, 6.45) is 6.36. The van der Waals surface area contributed by atoms with Crippen molar-refractivity contribution in [1.29, 1.82) is 0 Å². The van der Waals surface area contributed by atoms with Gasteiger partial charge in [0, 0.05) is 49.9 Å². The highest BCUT2D eigenvalue weighted by atomic mass is 19.1. The molecule has 0 bridgehead atoms. The van der Waals surface area contributed by atoms with Crippen LogP contribution in [0.3, 0.4) is 0 Å². The average molecular weight is 475 g/mol. The van der Waals surface area contributed by atoms with E-state index in [2.05, 4.69) is 10.2 Å². The molecule has 182 valence electrons. The van der Waals surface area contributed by atoms with Crippen molar-refractivity contribution in [2.24, 2.45) is 5.92 Å². The molecule has 1 aliphatic rings. The van der Waals surface area contributed by atoms with Gasteiger partial charge >= 0.3 is 0 Å². The zero-order valence-corrected chi connectivity index (χ0v) is 20.0. The lowest BCUT2D eigenvalue weighted by Gasteiger charge is -2.32. The highest BCUT2D eigenvalue weighted by molar-refractivity contribution is 5.92. The summed E-state index contributed by atoms with van der Waals surface area (Å²) in [4.78, 5) is 29.0. The number of rotatable bonds is 8. The number of carbonyl (C=O) groups excluding carboxylic acids is 2. The van der Waals surface area contributed by atoms with Gasteiger partial charge in [0.1, 0.15) is 5.82 Å². The van der Waals surface area contributed by atoms with Gasteiger partial charge in [0.2, 0.25) is 11.8 Å². The number of aryl methyl sites for hydroxylation is 1. The van der Waals surface area contributed by atoms with Gasteiger partial charge in [0.25, 0.3) is 0 Å². The first-order valence-electron chi connectivity index (χ1n) is 12.1. The van der Waals surface area contributed by atoms with Crippen LogP contribution in [0.25, 0.3) is 17.3 Å². The van der Waals surface area contributed by atoms with E-state index >= 15 is 0 Å². The molecule has 0 saturated carbocycles. The van der Waals surface area contributed by atoms with Crippen molar-refractivity contribution in [1.82, 2.24) is 20.0 Å². The molecule has 0 aliphatic carbocycles. The summed E-state index contributed by atoms with van der Waals surface area (Å²) in [6, 6.07) is 18.0. The maximum absolute atomic E-state index is 13.4. The van der Waals surface area contributed by atoms with Crippen molar-refractivity contribution in [2.45, 2.75) is 25.7 Å². The number of H-pyrrole nitrogens is 1. The summed E-state index contributed by atoms with van der Waals surface area (Å²) in [7, 11) is 1.84. The van der Waals surface area contributed by atoms with Crippen LogP contribution in [-0.2, 0) is 16.0 Å². The van der Waals surface area contributed by atoms with Crippen LogP contribution in [0.15, 0.2) is 66.7 Å². The number of hydrogen-bond donors (Lipinski definition) is 1. The second kappa shape index (κ2) is 11.6. The molecule has 2 aromatic carbocycles. The molecule has 4 rings (SSSR count). The van der Waals surface area contributed by atoms with Crippen molar-refractivity contribution in [2.75, 3.05) is 26.7 Å². The molecular formula is C28H31FN4O2. The van der Waals surface area contributed by atoms with E-state index in [9.17, 15) is 14.0 Å². The molecule has 3 aromatic rings. The largest absolute Gasteiger partial charge is 0.346 e. The molecule has 0 atom stereocenters. The molecule has 1 saturated heterocycles. The monoisotopic (exact) mass is 474 g/mol. The van der Waals surface area contributed by atoms with Crippen molar-refractivity contribution in [3.63, 3.8) is 0 Å². The van der Waals surface area contributed by atoms with E-state index in [0.717, 1.165) is 29.7 Å². The highest BCUT2D eigenvalue weighted by Gasteiger charge is 2.28. The fourth-order valence-electron chi connectivity index (χ4n) is 4.40. The number of benzene rings is 2. The van der Waals surface area contributed by atoms with Gasteiger partial charge in [-0.25, -0.2) is 4.39 Å². The second-order valence-corrected chi connectivity index (χ2v) is 9.00. The number of aromatic amines is 1. The quantitative estimate of drug-likeness (QED) is 0.487. The number of likely N-dealkylation sites (tertiary alicyclic amines) is 1. The van der Waals surface area contributed by atoms with E-state index in [1.54, 1.807) is 17.0 Å². The van der Waals surface area contributed by atoms with Gasteiger partial charge in [-0.15, -0.1) is 0 Å². The van der Waals surface area contributed by atoms with E-state index in [0.29, 0.717) is 38.2 Å². The Bertz CT molecular complexity index is 1170. The molecule has 1 aliphatic heterocycles. The minimum Gasteiger partial charge on any atom is -0.346 e. The Morgan fingerprint density at radius 2 is 1.89 bits per heavy atom. The third-order valence-corrected chi connectivity index (χ3v) is 6.44. The van der Waals surface area contributed by atoms with E-state index in [1.807, 2.05) is 60.5 Å². The van der Waals surface area contributed by atoms with Crippen molar-refractivity contribution in [3.8, 4) is 11.3 Å². The lowest BCUT2D eigenvalue weighted by Crippen LogP contribution is -2.43. The molecule has 1 fully saturated rings. The van der Waals surface area contributed by atoms with Crippen LogP contribution < -0.4 is 0 Å². The van der Waals surface area contributed by atoms with Crippen LogP contribution >= 0.6 is 0 Å². The summed E-state index contributed by atoms with van der Waals surface area (Å²) in [5.74, 6) is -0.202. The first-order valence-corrected chi connectivity index (χ1v) is 12.1. The smallest absolute Gasteiger partial charge is 0.246 e. The number of hydrogen-bond acceptors (Lipinski definition) is 3. The number of piperidine rings is 1. The number of halogens is 1. The Hall–Kier alpha value is -3.74. The molecular weight excluding hydrogens is 443 g/mol. The maximum Gasteiger partial charge on any atom is 0.246 e. The fourth-order valence-corrected chi connectivity index (χ4v) is 4.40. The molecule has 1 N–H and O–H groups in total. The van der Waals surface area contributed by atoms with Crippen LogP contribution in [0, 0.1) is 11.7 Å². The summed E-state index contributed by atoms with van der Waals surface area (Å²) in [5, 5.41) is 7.28. The third kappa shape index (κ3) is 6.66. The SMILES string of the molecule is CN(CCCc1cc(-c2cccc(F)c2)n[nH]1)C(=O)C1CCN(C(=O)/C=C/c2ccccc2)CC1. The lowest BCUT2D eigenvalue weighted by atomic mass is 9.95.